The molecule has 0 spiro atoms. The molecule has 2 aromatic rings. The van der Waals surface area contributed by atoms with Crippen molar-refractivity contribution in [1.29, 1.82) is 0 Å². The molecule has 7 heteroatoms. The summed E-state index contributed by atoms with van der Waals surface area (Å²) in [5, 5.41) is 2.91. The van der Waals surface area contributed by atoms with Crippen molar-refractivity contribution in [3.8, 4) is 0 Å². The highest BCUT2D eigenvalue weighted by molar-refractivity contribution is 5.96. The maximum Gasteiger partial charge on any atom is 0.417 e. The molecule has 0 aromatic heterocycles. The molecule has 0 radical (unpaired) electrons. The molecule has 1 aliphatic heterocycles. The molecule has 0 bridgehead atoms. The summed E-state index contributed by atoms with van der Waals surface area (Å²) in [6.07, 6.45) is -3.50. The molecule has 0 unspecified atom stereocenters. The van der Waals surface area contributed by atoms with E-state index >= 15 is 0 Å². The van der Waals surface area contributed by atoms with Gasteiger partial charge in [-0.15, -0.1) is 0 Å². The number of carbonyl (C=O) groups excluding carboxylic acids is 2. The maximum absolute atomic E-state index is 13.3. The molecule has 0 saturated carbocycles. The zero-order chi connectivity index (χ0) is 21.9. The van der Waals surface area contributed by atoms with Gasteiger partial charge in [0, 0.05) is 19.6 Å². The van der Waals surface area contributed by atoms with Gasteiger partial charge in [-0.1, -0.05) is 42.0 Å². The summed E-state index contributed by atoms with van der Waals surface area (Å²) in [6, 6.07) is 12.6. The molecule has 2 aromatic carbocycles. The number of piperidine rings is 1. The number of alkyl halides is 3. The number of hydrogen-bond acceptors (Lipinski definition) is 2. The number of benzene rings is 2. The van der Waals surface area contributed by atoms with Crippen LogP contribution in [-0.4, -0.2) is 29.8 Å². The lowest BCUT2D eigenvalue weighted by Gasteiger charge is -2.39. The average molecular weight is 418 g/mol. The third kappa shape index (κ3) is 4.83. The summed E-state index contributed by atoms with van der Waals surface area (Å²) >= 11 is 0. The number of likely N-dealkylation sites (tertiary alicyclic amines) is 1. The Morgan fingerprint density at radius 2 is 1.77 bits per heavy atom. The lowest BCUT2D eigenvalue weighted by Crippen LogP contribution is -2.52. The fourth-order valence-electron chi connectivity index (χ4n) is 3.79. The van der Waals surface area contributed by atoms with Crippen molar-refractivity contribution >= 4 is 11.8 Å². The third-order valence-electron chi connectivity index (χ3n) is 5.57. The second kappa shape index (κ2) is 8.50. The summed E-state index contributed by atoms with van der Waals surface area (Å²) in [5.41, 5.74) is -0.107. The first-order valence-electron chi connectivity index (χ1n) is 9.89. The summed E-state index contributed by atoms with van der Waals surface area (Å²) in [5.74, 6) is -0.898. The molecule has 1 saturated heterocycles. The van der Waals surface area contributed by atoms with Crippen LogP contribution in [0.3, 0.4) is 0 Å². The minimum atomic E-state index is -4.61. The van der Waals surface area contributed by atoms with Gasteiger partial charge in [-0.25, -0.2) is 0 Å². The lowest BCUT2D eigenvalue weighted by molar-refractivity contribution is -0.138. The van der Waals surface area contributed by atoms with E-state index in [1.807, 2.05) is 31.2 Å². The van der Waals surface area contributed by atoms with Gasteiger partial charge in [0.1, 0.15) is 0 Å². The highest BCUT2D eigenvalue weighted by Gasteiger charge is 2.41. The van der Waals surface area contributed by atoms with Crippen molar-refractivity contribution in [3.05, 3.63) is 70.8 Å². The minimum Gasteiger partial charge on any atom is -0.351 e. The number of halogens is 3. The predicted octanol–water partition coefficient (Wildman–Crippen LogP) is 4.57. The number of amides is 2. The smallest absolute Gasteiger partial charge is 0.351 e. The van der Waals surface area contributed by atoms with E-state index in [4.69, 9.17) is 0 Å². The van der Waals surface area contributed by atoms with Gasteiger partial charge < -0.3 is 10.2 Å². The van der Waals surface area contributed by atoms with Crippen molar-refractivity contribution in [2.75, 3.05) is 13.1 Å². The van der Waals surface area contributed by atoms with E-state index in [0.29, 0.717) is 25.9 Å². The van der Waals surface area contributed by atoms with Crippen molar-refractivity contribution in [3.63, 3.8) is 0 Å². The van der Waals surface area contributed by atoms with Crippen molar-refractivity contribution in [2.24, 2.45) is 5.41 Å². The summed E-state index contributed by atoms with van der Waals surface area (Å²) < 4.78 is 39.9. The van der Waals surface area contributed by atoms with Crippen molar-refractivity contribution < 1.29 is 22.8 Å². The van der Waals surface area contributed by atoms with Crippen LogP contribution in [-0.2, 0) is 17.5 Å². The molecule has 2 amide bonds. The van der Waals surface area contributed by atoms with Crippen molar-refractivity contribution in [1.82, 2.24) is 10.2 Å². The Morgan fingerprint density at radius 1 is 1.10 bits per heavy atom. The Morgan fingerprint density at radius 3 is 2.43 bits per heavy atom. The zero-order valence-corrected chi connectivity index (χ0v) is 17.1. The maximum atomic E-state index is 13.3. The number of aryl methyl sites for hydroxylation is 1. The van der Waals surface area contributed by atoms with Gasteiger partial charge in [-0.3, -0.25) is 9.59 Å². The molecule has 1 heterocycles. The Kier molecular flexibility index (Phi) is 6.19. The van der Waals surface area contributed by atoms with E-state index in [1.54, 1.807) is 6.92 Å². The van der Waals surface area contributed by atoms with Crippen LogP contribution in [0.25, 0.3) is 0 Å². The zero-order valence-electron chi connectivity index (χ0n) is 17.1. The molecule has 0 aliphatic carbocycles. The topological polar surface area (TPSA) is 49.4 Å². The van der Waals surface area contributed by atoms with Crippen LogP contribution in [0, 0.1) is 12.3 Å². The van der Waals surface area contributed by atoms with Crippen LogP contribution in [0.2, 0.25) is 0 Å². The average Bonchev–Trinajstić information content (AvgIpc) is 2.72. The highest BCUT2D eigenvalue weighted by Crippen LogP contribution is 2.35. The summed E-state index contributed by atoms with van der Waals surface area (Å²) in [6.45, 7) is 4.50. The van der Waals surface area contributed by atoms with E-state index in [1.165, 1.54) is 23.1 Å². The van der Waals surface area contributed by atoms with Gasteiger partial charge in [-0.2, -0.15) is 13.2 Å². The molecule has 3 rings (SSSR count). The monoisotopic (exact) mass is 418 g/mol. The first-order chi connectivity index (χ1) is 14.1. The number of hydrogen-bond donors (Lipinski definition) is 1. The first-order valence-corrected chi connectivity index (χ1v) is 9.89. The molecule has 4 nitrogen and oxygen atoms in total. The Hall–Kier alpha value is -2.83. The van der Waals surface area contributed by atoms with E-state index in [2.05, 4.69) is 5.32 Å². The SMILES string of the molecule is Cc1ccc(CNC(=O)[C@]2(C)CCCN(C(=O)c3ccccc3C(F)(F)F)C2)cc1. The number of nitrogens with one attached hydrogen (secondary N) is 1. The van der Waals surface area contributed by atoms with E-state index in [-0.39, 0.29) is 18.0 Å². The van der Waals surface area contributed by atoms with E-state index in [9.17, 15) is 22.8 Å². The van der Waals surface area contributed by atoms with Gasteiger partial charge in [-0.05, 0) is 44.4 Å². The minimum absolute atomic E-state index is 0.0811. The highest BCUT2D eigenvalue weighted by atomic mass is 19.4. The molecule has 1 atom stereocenters. The van der Waals surface area contributed by atoms with E-state index in [0.717, 1.165) is 17.2 Å². The van der Waals surface area contributed by atoms with Crippen LogP contribution >= 0.6 is 0 Å². The Bertz CT molecular complexity index is 925. The molecular weight excluding hydrogens is 393 g/mol. The molecule has 30 heavy (non-hydrogen) atoms. The van der Waals surface area contributed by atoms with Gasteiger partial charge in [0.05, 0.1) is 16.5 Å². The van der Waals surface area contributed by atoms with Gasteiger partial charge in [0.15, 0.2) is 0 Å². The molecule has 1 aliphatic rings. The second-order valence-electron chi connectivity index (χ2n) is 8.10. The van der Waals surface area contributed by atoms with Crippen LogP contribution in [0.4, 0.5) is 13.2 Å². The lowest BCUT2D eigenvalue weighted by atomic mass is 9.80. The summed E-state index contributed by atoms with van der Waals surface area (Å²) in [4.78, 5) is 27.1. The van der Waals surface area contributed by atoms with Crippen LogP contribution in [0.5, 0.6) is 0 Å². The van der Waals surface area contributed by atoms with Gasteiger partial charge in [0.2, 0.25) is 5.91 Å². The largest absolute Gasteiger partial charge is 0.417 e. The van der Waals surface area contributed by atoms with Crippen LogP contribution in [0.1, 0.15) is 46.8 Å². The fourth-order valence-corrected chi connectivity index (χ4v) is 3.79. The Labute approximate surface area is 174 Å². The third-order valence-corrected chi connectivity index (χ3v) is 5.57. The number of carbonyl (C=O) groups is 2. The van der Waals surface area contributed by atoms with Crippen LogP contribution < -0.4 is 5.32 Å². The Balaban J connectivity index is 1.71. The van der Waals surface area contributed by atoms with E-state index < -0.39 is 23.1 Å². The normalized spacial score (nSPS) is 19.4. The van der Waals surface area contributed by atoms with Crippen molar-refractivity contribution in [2.45, 2.75) is 39.4 Å². The van der Waals surface area contributed by atoms with Gasteiger partial charge in [0.25, 0.3) is 5.91 Å². The quantitative estimate of drug-likeness (QED) is 0.791. The molecule has 160 valence electrons. The fraction of sp³-hybridized carbons (Fsp3) is 0.391. The second-order valence-corrected chi connectivity index (χ2v) is 8.10. The van der Waals surface area contributed by atoms with Gasteiger partial charge >= 0.3 is 6.18 Å². The first kappa shape index (κ1) is 21.9. The predicted molar refractivity (Wildman–Crippen MR) is 108 cm³/mol. The number of rotatable bonds is 4. The molecule has 1 N–H and O–H groups in total. The number of nitrogens with zero attached hydrogens (tertiary/aromatic N) is 1. The molecular formula is C23H25F3N2O2. The summed E-state index contributed by atoms with van der Waals surface area (Å²) in [7, 11) is 0. The van der Waals surface area contributed by atoms with Crippen LogP contribution in [0.15, 0.2) is 48.5 Å². The standard InChI is InChI=1S/C23H25F3N2O2/c1-16-8-10-17(11-9-16)14-27-21(30)22(2)12-5-13-28(15-22)20(29)18-6-3-4-7-19(18)23(24,25)26/h3-4,6-11H,5,12-15H2,1-2H3,(H,27,30)/t22-/m1/s1. The molecule has 1 fully saturated rings.